The summed E-state index contributed by atoms with van der Waals surface area (Å²) in [6.45, 7) is 1.94. The number of amides is 1. The average Bonchev–Trinajstić information content (AvgIpc) is 3.20. The fourth-order valence-electron chi connectivity index (χ4n) is 2.94. The maximum absolute atomic E-state index is 12.4. The number of nitrogens with zero attached hydrogens (tertiary/aromatic N) is 1. The highest BCUT2D eigenvalue weighted by Crippen LogP contribution is 2.50. The smallest absolute Gasteiger partial charge is 0.226 e. The van der Waals surface area contributed by atoms with Crippen LogP contribution in [0, 0.1) is 5.92 Å². The summed E-state index contributed by atoms with van der Waals surface area (Å²) in [5.41, 5.74) is 1.30. The fraction of sp³-hybridized carbons (Fsp3) is 0.533. The zero-order valence-corrected chi connectivity index (χ0v) is 12.0. The van der Waals surface area contributed by atoms with Gasteiger partial charge in [-0.05, 0) is 43.2 Å². The van der Waals surface area contributed by atoms with Crippen LogP contribution in [0.2, 0.25) is 0 Å². The van der Waals surface area contributed by atoms with Crippen molar-refractivity contribution >= 4 is 21.8 Å². The molecule has 3 heteroatoms. The molecule has 96 valence electrons. The van der Waals surface area contributed by atoms with E-state index in [1.165, 1.54) is 24.8 Å². The van der Waals surface area contributed by atoms with Crippen LogP contribution in [0.15, 0.2) is 28.7 Å². The quantitative estimate of drug-likeness (QED) is 0.818. The van der Waals surface area contributed by atoms with Crippen molar-refractivity contribution in [3.05, 3.63) is 34.3 Å². The molecule has 3 rings (SSSR count). The van der Waals surface area contributed by atoms with Crippen LogP contribution in [0.4, 0.5) is 0 Å². The molecule has 18 heavy (non-hydrogen) atoms. The topological polar surface area (TPSA) is 20.3 Å². The van der Waals surface area contributed by atoms with Crippen molar-refractivity contribution < 1.29 is 4.79 Å². The van der Waals surface area contributed by atoms with Crippen LogP contribution in [-0.2, 0) is 4.79 Å². The van der Waals surface area contributed by atoms with Gasteiger partial charge >= 0.3 is 0 Å². The monoisotopic (exact) mass is 307 g/mol. The Kier molecular flexibility index (Phi) is 3.42. The Morgan fingerprint density at radius 2 is 1.89 bits per heavy atom. The fourth-order valence-corrected chi connectivity index (χ4v) is 3.52. The summed E-state index contributed by atoms with van der Waals surface area (Å²) in [7, 11) is 0. The molecule has 0 spiro atoms. The molecular weight excluding hydrogens is 290 g/mol. The second-order valence-electron chi connectivity index (χ2n) is 5.36. The van der Waals surface area contributed by atoms with Gasteiger partial charge in [0, 0.05) is 23.5 Å². The molecule has 1 amide bonds. The zero-order chi connectivity index (χ0) is 12.5. The molecule has 2 fully saturated rings. The summed E-state index contributed by atoms with van der Waals surface area (Å²) in [5.74, 6) is 1.06. The van der Waals surface area contributed by atoms with E-state index in [9.17, 15) is 4.79 Å². The van der Waals surface area contributed by atoms with Crippen molar-refractivity contribution in [2.24, 2.45) is 5.92 Å². The second-order valence-corrected chi connectivity index (χ2v) is 6.21. The standard InChI is InChI=1S/C15H18BrNO/c16-14-7-3-2-6-11(14)12-10-13(12)15(18)17-8-4-1-5-9-17/h2-3,6-7,12-13H,1,4-5,8-10H2/t12-,13+/m0/s1. The molecule has 0 N–H and O–H groups in total. The molecule has 2 nitrogen and oxygen atoms in total. The van der Waals surface area contributed by atoms with Crippen LogP contribution >= 0.6 is 15.9 Å². The minimum absolute atomic E-state index is 0.238. The molecule has 2 atom stereocenters. The average molecular weight is 308 g/mol. The van der Waals surface area contributed by atoms with Gasteiger partial charge in [0.25, 0.3) is 0 Å². The molecule has 2 aliphatic rings. The molecular formula is C15H18BrNO. The largest absolute Gasteiger partial charge is 0.342 e. The summed E-state index contributed by atoms with van der Waals surface area (Å²) in [6, 6.07) is 8.28. The van der Waals surface area contributed by atoms with Crippen molar-refractivity contribution in [2.75, 3.05) is 13.1 Å². The number of benzene rings is 1. The van der Waals surface area contributed by atoms with Crippen LogP contribution < -0.4 is 0 Å². The second kappa shape index (κ2) is 5.04. The molecule has 0 radical (unpaired) electrons. The number of carbonyl (C=O) groups is 1. The summed E-state index contributed by atoms with van der Waals surface area (Å²) in [6.07, 6.45) is 4.66. The van der Waals surface area contributed by atoms with Crippen molar-refractivity contribution in [3.63, 3.8) is 0 Å². The molecule has 1 heterocycles. The van der Waals surface area contributed by atoms with E-state index < -0.39 is 0 Å². The lowest BCUT2D eigenvalue weighted by atomic mass is 10.1. The van der Waals surface area contributed by atoms with Gasteiger partial charge in [0.1, 0.15) is 0 Å². The van der Waals surface area contributed by atoms with Gasteiger partial charge in [-0.15, -0.1) is 0 Å². The Hall–Kier alpha value is -0.830. The minimum Gasteiger partial charge on any atom is -0.342 e. The van der Waals surface area contributed by atoms with E-state index in [-0.39, 0.29) is 5.92 Å². The number of hydrogen-bond acceptors (Lipinski definition) is 1. The SMILES string of the molecule is O=C([C@@H]1C[C@H]1c1ccccc1Br)N1CCCCC1. The van der Waals surface area contributed by atoms with E-state index in [4.69, 9.17) is 0 Å². The molecule has 1 saturated carbocycles. The molecule has 1 aliphatic carbocycles. The first kappa shape index (κ1) is 12.2. The number of carbonyl (C=O) groups excluding carboxylic acids is 1. The lowest BCUT2D eigenvalue weighted by Gasteiger charge is -2.27. The predicted molar refractivity (Wildman–Crippen MR) is 75.4 cm³/mol. The minimum atomic E-state index is 0.238. The first-order valence-corrected chi connectivity index (χ1v) is 7.60. The molecule has 1 aliphatic heterocycles. The third-order valence-corrected chi connectivity index (χ3v) is 4.80. The number of rotatable bonds is 2. The maximum atomic E-state index is 12.4. The Labute approximate surface area is 116 Å². The van der Waals surface area contributed by atoms with Gasteiger partial charge in [-0.3, -0.25) is 4.79 Å². The Bertz CT molecular complexity index is 454. The van der Waals surface area contributed by atoms with Crippen LogP contribution in [-0.4, -0.2) is 23.9 Å². The van der Waals surface area contributed by atoms with E-state index >= 15 is 0 Å². The Morgan fingerprint density at radius 1 is 1.17 bits per heavy atom. The number of piperidine rings is 1. The summed E-state index contributed by atoms with van der Waals surface area (Å²) in [4.78, 5) is 14.4. The summed E-state index contributed by atoms with van der Waals surface area (Å²) >= 11 is 3.58. The summed E-state index contributed by atoms with van der Waals surface area (Å²) < 4.78 is 1.14. The van der Waals surface area contributed by atoms with Gasteiger partial charge in [0.2, 0.25) is 5.91 Å². The Balaban J connectivity index is 1.67. The van der Waals surface area contributed by atoms with Gasteiger partial charge < -0.3 is 4.90 Å². The van der Waals surface area contributed by atoms with Crippen molar-refractivity contribution in [3.8, 4) is 0 Å². The normalized spacial score (nSPS) is 27.1. The highest BCUT2D eigenvalue weighted by molar-refractivity contribution is 9.10. The van der Waals surface area contributed by atoms with Crippen LogP contribution in [0.3, 0.4) is 0 Å². The van der Waals surface area contributed by atoms with Crippen molar-refractivity contribution in [2.45, 2.75) is 31.6 Å². The van der Waals surface area contributed by atoms with E-state index in [0.717, 1.165) is 24.0 Å². The maximum Gasteiger partial charge on any atom is 0.226 e. The molecule has 0 bridgehead atoms. The number of hydrogen-bond donors (Lipinski definition) is 0. The molecule has 0 unspecified atom stereocenters. The first-order valence-electron chi connectivity index (χ1n) is 6.80. The lowest BCUT2D eigenvalue weighted by molar-refractivity contribution is -0.133. The molecule has 1 aromatic carbocycles. The molecule has 1 saturated heterocycles. The lowest BCUT2D eigenvalue weighted by Crippen LogP contribution is -2.36. The van der Waals surface area contributed by atoms with Crippen molar-refractivity contribution in [1.29, 1.82) is 0 Å². The zero-order valence-electron chi connectivity index (χ0n) is 10.4. The van der Waals surface area contributed by atoms with Crippen molar-refractivity contribution in [1.82, 2.24) is 4.90 Å². The van der Waals surface area contributed by atoms with E-state index in [2.05, 4.69) is 39.0 Å². The molecule has 1 aromatic rings. The number of likely N-dealkylation sites (tertiary alicyclic amines) is 1. The van der Waals surface area contributed by atoms with Gasteiger partial charge in [-0.1, -0.05) is 34.1 Å². The van der Waals surface area contributed by atoms with E-state index in [0.29, 0.717) is 11.8 Å². The highest BCUT2D eigenvalue weighted by Gasteiger charge is 2.46. The number of halogens is 1. The van der Waals surface area contributed by atoms with Crippen LogP contribution in [0.5, 0.6) is 0 Å². The molecule has 0 aromatic heterocycles. The van der Waals surface area contributed by atoms with E-state index in [1.54, 1.807) is 0 Å². The van der Waals surface area contributed by atoms with E-state index in [1.807, 2.05) is 6.07 Å². The third-order valence-electron chi connectivity index (χ3n) is 4.08. The van der Waals surface area contributed by atoms with Crippen LogP contribution in [0.1, 0.15) is 37.2 Å². The van der Waals surface area contributed by atoms with Crippen LogP contribution in [0.25, 0.3) is 0 Å². The third kappa shape index (κ3) is 2.33. The van der Waals surface area contributed by atoms with Gasteiger partial charge in [-0.2, -0.15) is 0 Å². The van der Waals surface area contributed by atoms with Gasteiger partial charge in [0.15, 0.2) is 0 Å². The highest BCUT2D eigenvalue weighted by atomic mass is 79.9. The predicted octanol–water partition coefficient (Wildman–Crippen LogP) is 3.57. The Morgan fingerprint density at radius 3 is 2.61 bits per heavy atom. The summed E-state index contributed by atoms with van der Waals surface area (Å²) in [5, 5.41) is 0. The van der Waals surface area contributed by atoms with Gasteiger partial charge in [-0.25, -0.2) is 0 Å². The first-order chi connectivity index (χ1) is 8.77. The van der Waals surface area contributed by atoms with Gasteiger partial charge in [0.05, 0.1) is 0 Å².